The van der Waals surface area contributed by atoms with Crippen molar-refractivity contribution in [3.8, 4) is 22.3 Å². The number of aryl methyl sites for hydroxylation is 1. The lowest BCUT2D eigenvalue weighted by molar-refractivity contribution is -0.111. The van der Waals surface area contributed by atoms with Crippen LogP contribution in [0, 0.1) is 6.92 Å². The molecule has 0 bridgehead atoms. The van der Waals surface area contributed by atoms with Crippen molar-refractivity contribution in [2.45, 2.75) is 6.92 Å². The number of rotatable bonds is 6. The number of pyridine rings is 1. The predicted molar refractivity (Wildman–Crippen MR) is 146 cm³/mol. The van der Waals surface area contributed by atoms with Gasteiger partial charge in [-0.05, 0) is 72.2 Å². The lowest BCUT2D eigenvalue weighted by Crippen LogP contribution is -2.13. The van der Waals surface area contributed by atoms with Crippen LogP contribution < -0.4 is 10.6 Å². The summed E-state index contributed by atoms with van der Waals surface area (Å²) in [5, 5.41) is 6.54. The Hall–Kier alpha value is -5.17. The van der Waals surface area contributed by atoms with Gasteiger partial charge in [0.05, 0.1) is 5.52 Å². The minimum Gasteiger partial charge on any atom is -0.323 e. The molecule has 5 aromatic rings. The molecule has 180 valence electrons. The zero-order valence-electron chi connectivity index (χ0n) is 20.1. The minimum atomic E-state index is -0.282. The molecule has 0 saturated carbocycles. The molecule has 0 saturated heterocycles. The van der Waals surface area contributed by atoms with E-state index in [9.17, 15) is 9.59 Å². The van der Waals surface area contributed by atoms with Crippen molar-refractivity contribution >= 4 is 34.1 Å². The van der Waals surface area contributed by atoms with Crippen LogP contribution in [0.1, 0.15) is 16.1 Å². The summed E-state index contributed by atoms with van der Waals surface area (Å²) in [6.07, 6.45) is 6.18. The van der Waals surface area contributed by atoms with Gasteiger partial charge in [-0.25, -0.2) is 9.97 Å². The molecule has 0 fully saturated rings. The van der Waals surface area contributed by atoms with Gasteiger partial charge in [0.2, 0.25) is 5.91 Å². The molecular formula is C30H23N5O2. The molecule has 0 aliphatic heterocycles. The van der Waals surface area contributed by atoms with Crippen molar-refractivity contribution in [1.29, 1.82) is 0 Å². The molecule has 5 rings (SSSR count). The number of hydrogen-bond acceptors (Lipinski definition) is 5. The summed E-state index contributed by atoms with van der Waals surface area (Å²) in [6.45, 7) is 5.48. The van der Waals surface area contributed by atoms with Crippen molar-refractivity contribution in [2.24, 2.45) is 0 Å². The molecule has 2 amide bonds. The number of aromatic nitrogens is 3. The Kier molecular flexibility index (Phi) is 6.50. The fourth-order valence-electron chi connectivity index (χ4n) is 4.07. The number of hydrogen-bond donors (Lipinski definition) is 2. The van der Waals surface area contributed by atoms with Gasteiger partial charge in [-0.3, -0.25) is 14.6 Å². The van der Waals surface area contributed by atoms with Crippen LogP contribution in [0.2, 0.25) is 0 Å². The Morgan fingerprint density at radius 2 is 1.62 bits per heavy atom. The monoisotopic (exact) mass is 485 g/mol. The highest BCUT2D eigenvalue weighted by Gasteiger charge is 2.13. The standard InChI is InChI=1S/C30H23N5O2/c1-3-28(36)34-25-9-5-7-20(14-25)26-15-22(13-23-16-31-18-33-29(23)26)21-10-11-27(32-17-21)30(37)35-24-8-4-6-19(2)12-24/h3-18H,1H2,2H3,(H,34,36)(H,35,37). The predicted octanol–water partition coefficient (Wildman–Crippen LogP) is 6.04. The molecule has 37 heavy (non-hydrogen) atoms. The van der Waals surface area contributed by atoms with Gasteiger partial charge >= 0.3 is 0 Å². The van der Waals surface area contributed by atoms with Crippen LogP contribution in [0.5, 0.6) is 0 Å². The second kappa shape index (κ2) is 10.2. The SMILES string of the molecule is C=CC(=O)Nc1cccc(-c2cc(-c3ccc(C(=O)Nc4cccc(C)c4)nc3)cc3cncnc23)c1. The minimum absolute atomic E-state index is 0.275. The molecule has 0 aliphatic carbocycles. The zero-order chi connectivity index (χ0) is 25.8. The first-order valence-electron chi connectivity index (χ1n) is 11.6. The van der Waals surface area contributed by atoms with Crippen LogP contribution in [0.3, 0.4) is 0 Å². The first-order chi connectivity index (χ1) is 18.0. The van der Waals surface area contributed by atoms with E-state index in [-0.39, 0.29) is 11.8 Å². The quantitative estimate of drug-likeness (QED) is 0.286. The molecule has 7 nitrogen and oxygen atoms in total. The molecule has 2 N–H and O–H groups in total. The first-order valence-corrected chi connectivity index (χ1v) is 11.6. The van der Waals surface area contributed by atoms with Crippen LogP contribution in [0.25, 0.3) is 33.2 Å². The summed E-state index contributed by atoms with van der Waals surface area (Å²) >= 11 is 0. The van der Waals surface area contributed by atoms with Crippen LogP contribution in [0.15, 0.2) is 104 Å². The van der Waals surface area contributed by atoms with E-state index in [0.29, 0.717) is 11.4 Å². The van der Waals surface area contributed by atoms with Crippen LogP contribution in [-0.2, 0) is 4.79 Å². The maximum Gasteiger partial charge on any atom is 0.274 e. The number of fused-ring (bicyclic) bond motifs is 1. The highest BCUT2D eigenvalue weighted by Crippen LogP contribution is 2.33. The van der Waals surface area contributed by atoms with Crippen LogP contribution in [-0.4, -0.2) is 26.8 Å². The highest BCUT2D eigenvalue weighted by molar-refractivity contribution is 6.03. The van der Waals surface area contributed by atoms with Crippen LogP contribution >= 0.6 is 0 Å². The molecule has 2 aromatic heterocycles. The van der Waals surface area contributed by atoms with E-state index >= 15 is 0 Å². The number of carbonyl (C=O) groups is 2. The van der Waals surface area contributed by atoms with Gasteiger partial charge in [-0.15, -0.1) is 0 Å². The third-order valence-corrected chi connectivity index (χ3v) is 5.84. The van der Waals surface area contributed by atoms with Gasteiger partial charge < -0.3 is 10.6 Å². The van der Waals surface area contributed by atoms with E-state index in [1.807, 2.05) is 73.7 Å². The molecule has 0 unspecified atom stereocenters. The third-order valence-electron chi connectivity index (χ3n) is 5.84. The maximum absolute atomic E-state index is 12.7. The number of benzene rings is 3. The molecular weight excluding hydrogens is 462 g/mol. The van der Waals surface area contributed by atoms with E-state index < -0.39 is 0 Å². The summed E-state index contributed by atoms with van der Waals surface area (Å²) in [5.74, 6) is -0.557. The lowest BCUT2D eigenvalue weighted by atomic mass is 9.96. The van der Waals surface area contributed by atoms with Gasteiger partial charge in [0, 0.05) is 40.3 Å². The highest BCUT2D eigenvalue weighted by atomic mass is 16.2. The molecule has 2 heterocycles. The van der Waals surface area contributed by atoms with E-state index in [0.717, 1.165) is 44.4 Å². The smallest absolute Gasteiger partial charge is 0.274 e. The molecule has 3 aromatic carbocycles. The second-order valence-electron chi connectivity index (χ2n) is 8.51. The lowest BCUT2D eigenvalue weighted by Gasteiger charge is -2.12. The molecule has 0 aliphatic rings. The second-order valence-corrected chi connectivity index (χ2v) is 8.51. The summed E-state index contributed by atoms with van der Waals surface area (Å²) in [7, 11) is 0. The average molecular weight is 486 g/mol. The van der Waals surface area contributed by atoms with Gasteiger partial charge in [0.25, 0.3) is 5.91 Å². The fourth-order valence-corrected chi connectivity index (χ4v) is 4.07. The topological polar surface area (TPSA) is 96.9 Å². The molecule has 0 radical (unpaired) electrons. The first kappa shape index (κ1) is 23.6. The number of nitrogens with zero attached hydrogens (tertiary/aromatic N) is 3. The van der Waals surface area contributed by atoms with Crippen molar-refractivity contribution < 1.29 is 9.59 Å². The van der Waals surface area contributed by atoms with Crippen molar-refractivity contribution in [1.82, 2.24) is 15.0 Å². The number of amides is 2. The Morgan fingerprint density at radius 1 is 0.811 bits per heavy atom. The van der Waals surface area contributed by atoms with Gasteiger partial charge in [0.1, 0.15) is 12.0 Å². The third kappa shape index (κ3) is 5.26. The zero-order valence-corrected chi connectivity index (χ0v) is 20.1. The van der Waals surface area contributed by atoms with Gasteiger partial charge in [0.15, 0.2) is 0 Å². The number of anilines is 2. The Labute approximate surface area is 214 Å². The van der Waals surface area contributed by atoms with E-state index in [1.54, 1.807) is 18.5 Å². The molecule has 0 atom stereocenters. The van der Waals surface area contributed by atoms with E-state index in [1.165, 1.54) is 12.4 Å². The summed E-state index contributed by atoms with van der Waals surface area (Å²) in [4.78, 5) is 37.6. The fraction of sp³-hybridized carbons (Fsp3) is 0.0333. The molecule has 7 heteroatoms. The Morgan fingerprint density at radius 3 is 2.38 bits per heavy atom. The largest absolute Gasteiger partial charge is 0.323 e. The molecule has 0 spiro atoms. The summed E-state index contributed by atoms with van der Waals surface area (Å²) in [6, 6.07) is 22.7. The van der Waals surface area contributed by atoms with Crippen molar-refractivity contribution in [3.05, 3.63) is 115 Å². The summed E-state index contributed by atoms with van der Waals surface area (Å²) in [5.41, 5.74) is 7.05. The van der Waals surface area contributed by atoms with Gasteiger partial charge in [-0.2, -0.15) is 0 Å². The Bertz CT molecular complexity index is 1640. The van der Waals surface area contributed by atoms with Gasteiger partial charge in [-0.1, -0.05) is 36.9 Å². The van der Waals surface area contributed by atoms with Crippen LogP contribution in [0.4, 0.5) is 11.4 Å². The van der Waals surface area contributed by atoms with Crippen molar-refractivity contribution in [3.63, 3.8) is 0 Å². The van der Waals surface area contributed by atoms with E-state index in [2.05, 4.69) is 32.2 Å². The van der Waals surface area contributed by atoms with E-state index in [4.69, 9.17) is 0 Å². The van der Waals surface area contributed by atoms with Crippen molar-refractivity contribution in [2.75, 3.05) is 10.6 Å². The maximum atomic E-state index is 12.7. The average Bonchev–Trinajstić information content (AvgIpc) is 2.92. The number of nitrogens with one attached hydrogen (secondary N) is 2. The summed E-state index contributed by atoms with van der Waals surface area (Å²) < 4.78 is 0. The number of carbonyl (C=O) groups excluding carboxylic acids is 2. The Balaban J connectivity index is 1.49. The normalized spacial score (nSPS) is 10.6.